The first-order valence-corrected chi connectivity index (χ1v) is 5.54. The molecule has 0 aliphatic rings. The topological polar surface area (TPSA) is 29.5 Å². The maximum Gasteiger partial charge on any atom is 0.138 e. The van der Waals surface area contributed by atoms with Crippen molar-refractivity contribution >= 4 is 11.6 Å². The van der Waals surface area contributed by atoms with Crippen molar-refractivity contribution in [2.24, 2.45) is 0 Å². The Labute approximate surface area is 95.8 Å². The molecule has 0 saturated carbocycles. The normalized spacial score (nSPS) is 12.5. The number of hydrogen-bond donors (Lipinski definition) is 1. The zero-order valence-electron chi connectivity index (χ0n) is 9.16. The molecule has 0 saturated heterocycles. The van der Waals surface area contributed by atoms with Gasteiger partial charge in [-0.05, 0) is 44.4 Å². The van der Waals surface area contributed by atoms with E-state index in [2.05, 4.69) is 0 Å². The smallest absolute Gasteiger partial charge is 0.138 e. The van der Waals surface area contributed by atoms with E-state index in [0.717, 1.165) is 24.2 Å². The molecule has 0 spiro atoms. The summed E-state index contributed by atoms with van der Waals surface area (Å²) in [6, 6.07) is 5.70. The van der Waals surface area contributed by atoms with Crippen LogP contribution < -0.4 is 4.74 Å². The third-order valence-electron chi connectivity index (χ3n) is 2.11. The number of aliphatic hydroxyl groups is 1. The van der Waals surface area contributed by atoms with Crippen molar-refractivity contribution < 1.29 is 9.84 Å². The number of aryl methyl sites for hydroxylation is 1. The number of aliphatic hydroxyl groups excluding tert-OH is 1. The van der Waals surface area contributed by atoms with Crippen molar-refractivity contribution in [1.29, 1.82) is 0 Å². The van der Waals surface area contributed by atoms with Gasteiger partial charge in [0.05, 0.1) is 17.7 Å². The molecule has 0 radical (unpaired) electrons. The lowest BCUT2D eigenvalue weighted by molar-refractivity contribution is 0.170. The lowest BCUT2D eigenvalue weighted by Gasteiger charge is -2.09. The molecule has 1 aromatic carbocycles. The second kappa shape index (κ2) is 5.99. The van der Waals surface area contributed by atoms with E-state index >= 15 is 0 Å². The summed E-state index contributed by atoms with van der Waals surface area (Å²) >= 11 is 5.96. The summed E-state index contributed by atoms with van der Waals surface area (Å²) in [5.74, 6) is 0.724. The molecule has 15 heavy (non-hydrogen) atoms. The molecule has 0 heterocycles. The molecule has 0 aliphatic heterocycles. The molecule has 1 atom stereocenters. The van der Waals surface area contributed by atoms with Gasteiger partial charge in [0.25, 0.3) is 0 Å². The van der Waals surface area contributed by atoms with Gasteiger partial charge in [-0.1, -0.05) is 17.7 Å². The van der Waals surface area contributed by atoms with Gasteiger partial charge >= 0.3 is 0 Å². The molecule has 3 heteroatoms. The molecular formula is C12H17ClO2. The molecule has 2 nitrogen and oxygen atoms in total. The number of hydrogen-bond acceptors (Lipinski definition) is 2. The summed E-state index contributed by atoms with van der Waals surface area (Å²) in [6.45, 7) is 4.37. The van der Waals surface area contributed by atoms with E-state index in [0.29, 0.717) is 11.6 Å². The van der Waals surface area contributed by atoms with Crippen molar-refractivity contribution in [2.45, 2.75) is 32.8 Å². The highest BCUT2D eigenvalue weighted by Crippen LogP contribution is 2.25. The maximum atomic E-state index is 9.07. The van der Waals surface area contributed by atoms with Crippen LogP contribution >= 0.6 is 11.6 Å². The van der Waals surface area contributed by atoms with Gasteiger partial charge in [-0.3, -0.25) is 0 Å². The van der Waals surface area contributed by atoms with Crippen LogP contribution in [0, 0.1) is 6.92 Å². The minimum absolute atomic E-state index is 0.262. The van der Waals surface area contributed by atoms with E-state index in [-0.39, 0.29) is 6.10 Å². The fraction of sp³-hybridized carbons (Fsp3) is 0.500. The van der Waals surface area contributed by atoms with Gasteiger partial charge in [0.15, 0.2) is 0 Å². The Balaban J connectivity index is 2.40. The Morgan fingerprint density at radius 3 is 2.87 bits per heavy atom. The third-order valence-corrected chi connectivity index (χ3v) is 2.42. The quantitative estimate of drug-likeness (QED) is 0.785. The highest BCUT2D eigenvalue weighted by atomic mass is 35.5. The van der Waals surface area contributed by atoms with E-state index in [1.165, 1.54) is 0 Å². The van der Waals surface area contributed by atoms with Crippen LogP contribution in [0.3, 0.4) is 0 Å². The molecule has 1 unspecified atom stereocenters. The summed E-state index contributed by atoms with van der Waals surface area (Å²) in [7, 11) is 0. The monoisotopic (exact) mass is 228 g/mol. The zero-order valence-corrected chi connectivity index (χ0v) is 9.92. The third kappa shape index (κ3) is 4.54. The molecule has 1 rings (SSSR count). The number of benzene rings is 1. The van der Waals surface area contributed by atoms with Crippen LogP contribution in [0.25, 0.3) is 0 Å². The van der Waals surface area contributed by atoms with Crippen LogP contribution in [-0.4, -0.2) is 17.8 Å². The average molecular weight is 229 g/mol. The molecule has 0 amide bonds. The van der Waals surface area contributed by atoms with E-state index in [1.807, 2.05) is 25.1 Å². The molecule has 1 aromatic rings. The molecule has 1 N–H and O–H groups in total. The van der Waals surface area contributed by atoms with E-state index in [4.69, 9.17) is 21.4 Å². The van der Waals surface area contributed by atoms with Crippen LogP contribution in [0.5, 0.6) is 5.75 Å². The van der Waals surface area contributed by atoms with Gasteiger partial charge in [-0.2, -0.15) is 0 Å². The minimum Gasteiger partial charge on any atom is -0.492 e. The van der Waals surface area contributed by atoms with Gasteiger partial charge in [0.2, 0.25) is 0 Å². The van der Waals surface area contributed by atoms with E-state index < -0.39 is 0 Å². The van der Waals surface area contributed by atoms with Crippen LogP contribution in [0.4, 0.5) is 0 Å². The van der Waals surface area contributed by atoms with Gasteiger partial charge in [-0.15, -0.1) is 0 Å². The van der Waals surface area contributed by atoms with E-state index in [9.17, 15) is 0 Å². The van der Waals surface area contributed by atoms with Crippen LogP contribution in [0.15, 0.2) is 18.2 Å². The summed E-state index contributed by atoms with van der Waals surface area (Å²) in [5, 5.41) is 9.70. The molecule has 0 aromatic heterocycles. The van der Waals surface area contributed by atoms with Crippen molar-refractivity contribution in [3.05, 3.63) is 28.8 Å². The lowest BCUT2D eigenvalue weighted by atomic mass is 10.2. The number of ether oxygens (including phenoxy) is 1. The lowest BCUT2D eigenvalue weighted by Crippen LogP contribution is -2.04. The molecule has 84 valence electrons. The van der Waals surface area contributed by atoms with Crippen molar-refractivity contribution in [3.8, 4) is 5.75 Å². The summed E-state index contributed by atoms with van der Waals surface area (Å²) in [5.41, 5.74) is 1.13. The van der Waals surface area contributed by atoms with Crippen LogP contribution in [0.1, 0.15) is 25.3 Å². The first-order chi connectivity index (χ1) is 7.09. The predicted octanol–water partition coefficient (Wildman–Crippen LogP) is 3.19. The standard InChI is InChI=1S/C12H17ClO2/c1-9-5-6-11(13)12(8-9)15-7-3-4-10(2)14/h5-6,8,10,14H,3-4,7H2,1-2H3. The Morgan fingerprint density at radius 2 is 2.20 bits per heavy atom. The van der Waals surface area contributed by atoms with Gasteiger partial charge in [0, 0.05) is 0 Å². The van der Waals surface area contributed by atoms with Gasteiger partial charge < -0.3 is 9.84 Å². The van der Waals surface area contributed by atoms with Crippen LogP contribution in [-0.2, 0) is 0 Å². The Kier molecular flexibility index (Phi) is 4.92. The average Bonchev–Trinajstić information content (AvgIpc) is 2.17. The Hall–Kier alpha value is -0.730. The molecule has 0 bridgehead atoms. The van der Waals surface area contributed by atoms with Gasteiger partial charge in [-0.25, -0.2) is 0 Å². The first kappa shape index (κ1) is 12.3. The fourth-order valence-corrected chi connectivity index (χ4v) is 1.45. The zero-order chi connectivity index (χ0) is 11.3. The number of rotatable bonds is 5. The molecular weight excluding hydrogens is 212 g/mol. The fourth-order valence-electron chi connectivity index (χ4n) is 1.28. The molecule has 0 fully saturated rings. The minimum atomic E-state index is -0.262. The largest absolute Gasteiger partial charge is 0.492 e. The Bertz CT molecular complexity index is 310. The SMILES string of the molecule is Cc1ccc(Cl)c(OCCCC(C)O)c1. The number of halogens is 1. The van der Waals surface area contributed by atoms with Crippen molar-refractivity contribution in [3.63, 3.8) is 0 Å². The Morgan fingerprint density at radius 1 is 1.47 bits per heavy atom. The summed E-state index contributed by atoms with van der Waals surface area (Å²) in [6.07, 6.45) is 1.33. The molecule has 0 aliphatic carbocycles. The highest BCUT2D eigenvalue weighted by molar-refractivity contribution is 6.32. The second-order valence-corrected chi connectivity index (χ2v) is 4.18. The summed E-state index contributed by atoms with van der Waals surface area (Å²) < 4.78 is 5.52. The second-order valence-electron chi connectivity index (χ2n) is 3.77. The van der Waals surface area contributed by atoms with Gasteiger partial charge in [0.1, 0.15) is 5.75 Å². The van der Waals surface area contributed by atoms with E-state index in [1.54, 1.807) is 6.92 Å². The van der Waals surface area contributed by atoms with Crippen molar-refractivity contribution in [2.75, 3.05) is 6.61 Å². The predicted molar refractivity (Wildman–Crippen MR) is 62.6 cm³/mol. The first-order valence-electron chi connectivity index (χ1n) is 5.16. The summed E-state index contributed by atoms with van der Waals surface area (Å²) in [4.78, 5) is 0. The van der Waals surface area contributed by atoms with Crippen LogP contribution in [0.2, 0.25) is 5.02 Å². The maximum absolute atomic E-state index is 9.07. The van der Waals surface area contributed by atoms with Crippen molar-refractivity contribution in [1.82, 2.24) is 0 Å². The highest BCUT2D eigenvalue weighted by Gasteiger charge is 2.02.